The molecule has 0 aliphatic heterocycles. The summed E-state index contributed by atoms with van der Waals surface area (Å²) in [5.74, 6) is -0.567. The Balaban J connectivity index is 3.49. The molecule has 0 atom stereocenters. The average molecular weight is 292 g/mol. The van der Waals surface area contributed by atoms with Gasteiger partial charge >= 0.3 is 5.97 Å². The molecule has 21 heavy (non-hydrogen) atoms. The summed E-state index contributed by atoms with van der Waals surface area (Å²) >= 11 is 0. The first-order valence-corrected chi connectivity index (χ1v) is 7.89. The predicted octanol–water partition coefficient (Wildman–Crippen LogP) is 4.84. The van der Waals surface area contributed by atoms with Crippen LogP contribution in [0.3, 0.4) is 0 Å². The minimum atomic E-state index is -0.728. The molecule has 0 fully saturated rings. The first kappa shape index (κ1) is 19.4. The van der Waals surface area contributed by atoms with Crippen LogP contribution in [0.15, 0.2) is 36.5 Å². The molecular weight excluding hydrogens is 264 g/mol. The Morgan fingerprint density at radius 3 is 2.19 bits per heavy atom. The van der Waals surface area contributed by atoms with Crippen molar-refractivity contribution in [2.75, 3.05) is 0 Å². The number of hydrogen-bond donors (Lipinski definition) is 1. The molecule has 118 valence electrons. The van der Waals surface area contributed by atoms with E-state index in [1.807, 2.05) is 12.2 Å². The van der Waals surface area contributed by atoms with Gasteiger partial charge in [0.1, 0.15) is 0 Å². The van der Waals surface area contributed by atoms with E-state index in [1.165, 1.54) is 0 Å². The molecule has 0 bridgehead atoms. The number of aliphatic carboxylic acids is 1. The quantitative estimate of drug-likeness (QED) is 0.229. The number of allylic oxidation sites excluding steroid dienone is 6. The zero-order valence-corrected chi connectivity index (χ0v) is 13.1. The Kier molecular flexibility index (Phi) is 13.6. The van der Waals surface area contributed by atoms with Crippen molar-refractivity contribution < 1.29 is 14.7 Å². The average Bonchev–Trinajstić information content (AvgIpc) is 2.45. The topological polar surface area (TPSA) is 54.4 Å². The minimum absolute atomic E-state index is 0.161. The molecule has 1 N–H and O–H groups in total. The summed E-state index contributed by atoms with van der Waals surface area (Å²) in [4.78, 5) is 21.9. The lowest BCUT2D eigenvalue weighted by atomic mass is 10.1. The number of carbonyl (C=O) groups is 2. The van der Waals surface area contributed by atoms with Crippen molar-refractivity contribution in [3.8, 4) is 0 Å². The largest absolute Gasteiger partial charge is 0.481 e. The maximum Gasteiger partial charge on any atom is 0.303 e. The Morgan fingerprint density at radius 2 is 1.52 bits per heavy atom. The van der Waals surface area contributed by atoms with Gasteiger partial charge in [0.15, 0.2) is 5.78 Å². The van der Waals surface area contributed by atoms with Crippen LogP contribution in [0, 0.1) is 0 Å². The number of ketones is 1. The molecule has 0 amide bonds. The number of carbonyl (C=O) groups excluding carboxylic acids is 1. The van der Waals surface area contributed by atoms with Gasteiger partial charge in [-0.15, -0.1) is 0 Å². The zero-order chi connectivity index (χ0) is 15.8. The minimum Gasteiger partial charge on any atom is -0.481 e. The smallest absolute Gasteiger partial charge is 0.303 e. The summed E-state index contributed by atoms with van der Waals surface area (Å²) in [7, 11) is 0. The van der Waals surface area contributed by atoms with Crippen molar-refractivity contribution in [3.63, 3.8) is 0 Å². The highest BCUT2D eigenvalue weighted by molar-refractivity contribution is 5.89. The molecule has 0 saturated carbocycles. The van der Waals surface area contributed by atoms with Crippen molar-refractivity contribution in [3.05, 3.63) is 36.5 Å². The fraction of sp³-hybridized carbons (Fsp3) is 0.556. The van der Waals surface area contributed by atoms with Crippen molar-refractivity contribution in [1.82, 2.24) is 0 Å². The molecule has 0 saturated heterocycles. The highest BCUT2D eigenvalue weighted by atomic mass is 16.4. The van der Waals surface area contributed by atoms with E-state index in [0.29, 0.717) is 6.42 Å². The van der Waals surface area contributed by atoms with Gasteiger partial charge < -0.3 is 5.11 Å². The maximum absolute atomic E-state index is 11.5. The third-order valence-corrected chi connectivity index (χ3v) is 3.02. The normalized spacial score (nSPS) is 11.9. The molecule has 0 radical (unpaired) electrons. The van der Waals surface area contributed by atoms with Crippen LogP contribution in [0.2, 0.25) is 0 Å². The van der Waals surface area contributed by atoms with Gasteiger partial charge in [-0.1, -0.05) is 56.6 Å². The second kappa shape index (κ2) is 14.8. The Hall–Kier alpha value is -1.64. The fourth-order valence-electron chi connectivity index (χ4n) is 1.85. The van der Waals surface area contributed by atoms with Crippen LogP contribution in [0.5, 0.6) is 0 Å². The molecule has 0 aliphatic rings. The van der Waals surface area contributed by atoms with Gasteiger partial charge in [-0.3, -0.25) is 9.59 Å². The predicted molar refractivity (Wildman–Crippen MR) is 87.3 cm³/mol. The van der Waals surface area contributed by atoms with Crippen LogP contribution in [0.1, 0.15) is 64.7 Å². The van der Waals surface area contributed by atoms with Crippen LogP contribution in [-0.2, 0) is 9.59 Å². The monoisotopic (exact) mass is 292 g/mol. The van der Waals surface area contributed by atoms with Gasteiger partial charge in [0.25, 0.3) is 0 Å². The number of unbranched alkanes of at least 4 members (excludes halogenated alkanes) is 4. The lowest BCUT2D eigenvalue weighted by Gasteiger charge is -1.98. The first-order valence-electron chi connectivity index (χ1n) is 7.89. The molecule has 0 unspecified atom stereocenters. The van der Waals surface area contributed by atoms with Gasteiger partial charge in [0.05, 0.1) is 0 Å². The van der Waals surface area contributed by atoms with E-state index in [9.17, 15) is 9.59 Å². The number of carboxylic acids is 1. The highest BCUT2D eigenvalue weighted by Gasteiger charge is 1.98. The third kappa shape index (κ3) is 16.3. The van der Waals surface area contributed by atoms with E-state index < -0.39 is 5.97 Å². The molecule has 0 aliphatic carbocycles. The Morgan fingerprint density at radius 1 is 0.857 bits per heavy atom. The third-order valence-electron chi connectivity index (χ3n) is 3.02. The second-order valence-electron chi connectivity index (χ2n) is 5.03. The molecule has 0 heterocycles. The summed E-state index contributed by atoms with van der Waals surface area (Å²) in [5, 5.41) is 8.49. The van der Waals surface area contributed by atoms with E-state index in [2.05, 4.69) is 19.1 Å². The van der Waals surface area contributed by atoms with Crippen molar-refractivity contribution in [1.29, 1.82) is 0 Å². The van der Waals surface area contributed by atoms with Crippen molar-refractivity contribution >= 4 is 11.8 Å². The van der Waals surface area contributed by atoms with E-state index in [1.54, 1.807) is 12.2 Å². The van der Waals surface area contributed by atoms with Crippen molar-refractivity contribution in [2.24, 2.45) is 0 Å². The fourth-order valence-corrected chi connectivity index (χ4v) is 1.85. The summed E-state index contributed by atoms with van der Waals surface area (Å²) < 4.78 is 0. The lowest BCUT2D eigenvalue weighted by Crippen LogP contribution is -1.94. The summed E-state index contributed by atoms with van der Waals surface area (Å²) in [6, 6.07) is 0. The van der Waals surface area contributed by atoms with Crippen LogP contribution < -0.4 is 0 Å². The molecular formula is C18H28O3. The van der Waals surface area contributed by atoms with Gasteiger partial charge in [-0.25, -0.2) is 0 Å². The number of rotatable bonds is 13. The molecule has 3 nitrogen and oxygen atoms in total. The van der Waals surface area contributed by atoms with Crippen LogP contribution >= 0.6 is 0 Å². The van der Waals surface area contributed by atoms with Crippen LogP contribution in [-0.4, -0.2) is 16.9 Å². The molecule has 0 aromatic heterocycles. The summed E-state index contributed by atoms with van der Waals surface area (Å²) in [5.41, 5.74) is 0. The van der Waals surface area contributed by atoms with E-state index >= 15 is 0 Å². The van der Waals surface area contributed by atoms with Crippen molar-refractivity contribution in [2.45, 2.75) is 64.7 Å². The Bertz CT molecular complexity index is 365. The molecule has 0 aromatic carbocycles. The summed E-state index contributed by atoms with van der Waals surface area (Å²) in [6.07, 6.45) is 18.9. The van der Waals surface area contributed by atoms with E-state index in [4.69, 9.17) is 5.11 Å². The Labute approximate surface area is 128 Å². The molecule has 0 aromatic rings. The summed E-state index contributed by atoms with van der Waals surface area (Å²) in [6.45, 7) is 2.10. The first-order chi connectivity index (χ1) is 10.2. The van der Waals surface area contributed by atoms with Gasteiger partial charge in [-0.05, 0) is 31.8 Å². The highest BCUT2D eigenvalue weighted by Crippen LogP contribution is 2.07. The molecule has 0 rings (SSSR count). The SMILES string of the molecule is CC/C=C\C/C=C\C=C\C(=O)CCCCCCCC(=O)O. The molecule has 0 spiro atoms. The number of carboxylic acid groups (broad SMARTS) is 1. The second-order valence-corrected chi connectivity index (χ2v) is 5.03. The van der Waals surface area contributed by atoms with Gasteiger partial charge in [0.2, 0.25) is 0 Å². The number of hydrogen-bond acceptors (Lipinski definition) is 2. The standard InChI is InChI=1S/C18H28O3/c1-2-3-4-5-6-8-11-14-17(19)15-12-9-7-10-13-16-18(20)21/h3-4,6,8,11,14H,2,5,7,9-10,12-13,15-16H2,1H3,(H,20,21)/b4-3-,8-6-,14-11+. The molecule has 3 heteroatoms. The van der Waals surface area contributed by atoms with Crippen LogP contribution in [0.4, 0.5) is 0 Å². The lowest BCUT2D eigenvalue weighted by molar-refractivity contribution is -0.137. The van der Waals surface area contributed by atoms with Crippen LogP contribution in [0.25, 0.3) is 0 Å². The maximum atomic E-state index is 11.5. The zero-order valence-electron chi connectivity index (χ0n) is 13.1. The van der Waals surface area contributed by atoms with Gasteiger partial charge in [0, 0.05) is 12.8 Å². The van der Waals surface area contributed by atoms with E-state index in [-0.39, 0.29) is 12.2 Å². The van der Waals surface area contributed by atoms with Gasteiger partial charge in [-0.2, -0.15) is 0 Å². The van der Waals surface area contributed by atoms with E-state index in [0.717, 1.165) is 44.9 Å².